The number of aromatic amines is 2. The summed E-state index contributed by atoms with van der Waals surface area (Å²) in [5, 5.41) is 0.798. The minimum absolute atomic E-state index is 0.491. The first-order valence-electron chi connectivity index (χ1n) is 6.19. The third kappa shape index (κ3) is 2.51. The summed E-state index contributed by atoms with van der Waals surface area (Å²) in [6.45, 7) is 4.15. The van der Waals surface area contributed by atoms with Gasteiger partial charge in [0.25, 0.3) is 0 Å². The fourth-order valence-corrected chi connectivity index (χ4v) is 2.70. The molecule has 0 saturated carbocycles. The summed E-state index contributed by atoms with van der Waals surface area (Å²) in [5.41, 5.74) is 0.699. The summed E-state index contributed by atoms with van der Waals surface area (Å²) in [6, 6.07) is 0. The summed E-state index contributed by atoms with van der Waals surface area (Å²) in [7, 11) is 2.20. The zero-order valence-corrected chi connectivity index (χ0v) is 12.2. The molecule has 3 heterocycles. The number of hydrogen-bond acceptors (Lipinski definition) is 5. The van der Waals surface area contributed by atoms with Gasteiger partial charge in [0, 0.05) is 6.20 Å². The minimum Gasteiger partial charge on any atom is -0.334 e. The molecule has 1 aliphatic rings. The number of rotatable bonds is 1. The first-order valence-corrected chi connectivity index (χ1v) is 7.01. The molecular formula is C11H15N6S2+. The topological polar surface area (TPSA) is 65.0 Å². The first-order chi connectivity index (χ1) is 9.13. The van der Waals surface area contributed by atoms with Crippen LogP contribution < -0.4 is 9.80 Å². The molecule has 3 N–H and O–H groups in total. The zero-order chi connectivity index (χ0) is 13.4. The van der Waals surface area contributed by atoms with Crippen molar-refractivity contribution >= 4 is 41.4 Å². The first kappa shape index (κ1) is 12.6. The molecule has 100 valence electrons. The van der Waals surface area contributed by atoms with Gasteiger partial charge in [-0.25, -0.2) is 4.98 Å². The van der Waals surface area contributed by atoms with Crippen molar-refractivity contribution in [2.45, 2.75) is 0 Å². The maximum atomic E-state index is 5.22. The Kier molecular flexibility index (Phi) is 3.29. The Balaban J connectivity index is 2.02. The second-order valence-corrected chi connectivity index (χ2v) is 5.60. The van der Waals surface area contributed by atoms with E-state index in [2.05, 4.69) is 31.9 Å². The standard InChI is InChI=1S/C11H14N6S2/c1-16-2-4-17(5-3-16)10-12-6-7-8(13-10)14-11(19)15-9(7)18/h6H,2-5H2,1H3,(H2,12,13,14,15,18,19)/p+1. The van der Waals surface area contributed by atoms with Crippen LogP contribution in [0.4, 0.5) is 5.95 Å². The Morgan fingerprint density at radius 2 is 2.00 bits per heavy atom. The Hall–Kier alpha value is -1.38. The van der Waals surface area contributed by atoms with E-state index in [0.717, 1.165) is 37.5 Å². The number of fused-ring (bicyclic) bond motifs is 1. The summed E-state index contributed by atoms with van der Waals surface area (Å²) in [5.74, 6) is 0.742. The molecule has 2 aromatic rings. The fourth-order valence-electron chi connectivity index (χ4n) is 2.18. The second kappa shape index (κ2) is 4.95. The van der Waals surface area contributed by atoms with Crippen LogP contribution in [0, 0.1) is 9.41 Å². The van der Waals surface area contributed by atoms with Crippen molar-refractivity contribution in [3.63, 3.8) is 0 Å². The molecule has 0 radical (unpaired) electrons. The van der Waals surface area contributed by atoms with Crippen LogP contribution in [0.5, 0.6) is 0 Å². The molecule has 0 bridgehead atoms. The predicted octanol–water partition coefficient (Wildman–Crippen LogP) is 0.0797. The van der Waals surface area contributed by atoms with Gasteiger partial charge >= 0.3 is 0 Å². The molecule has 19 heavy (non-hydrogen) atoms. The van der Waals surface area contributed by atoms with Crippen LogP contribution in [-0.2, 0) is 0 Å². The molecule has 0 atom stereocenters. The fraction of sp³-hybridized carbons (Fsp3) is 0.455. The highest BCUT2D eigenvalue weighted by Crippen LogP contribution is 2.13. The molecule has 0 unspecified atom stereocenters. The van der Waals surface area contributed by atoms with Crippen molar-refractivity contribution in [1.82, 2.24) is 19.9 Å². The van der Waals surface area contributed by atoms with E-state index in [1.807, 2.05) is 0 Å². The number of piperazine rings is 1. The van der Waals surface area contributed by atoms with Gasteiger partial charge in [-0.1, -0.05) is 12.2 Å². The number of quaternary nitrogens is 1. The minimum atomic E-state index is 0.491. The summed E-state index contributed by atoms with van der Waals surface area (Å²) < 4.78 is 1.07. The summed E-state index contributed by atoms with van der Waals surface area (Å²) in [6.07, 6.45) is 1.76. The third-order valence-electron chi connectivity index (χ3n) is 3.38. The van der Waals surface area contributed by atoms with Crippen molar-refractivity contribution < 1.29 is 4.90 Å². The van der Waals surface area contributed by atoms with E-state index >= 15 is 0 Å². The van der Waals surface area contributed by atoms with E-state index in [1.165, 1.54) is 0 Å². The van der Waals surface area contributed by atoms with Gasteiger partial charge in [-0.05, 0) is 12.2 Å². The van der Waals surface area contributed by atoms with Crippen LogP contribution in [-0.4, -0.2) is 53.2 Å². The maximum absolute atomic E-state index is 5.22. The van der Waals surface area contributed by atoms with Crippen molar-refractivity contribution in [3.8, 4) is 0 Å². The molecular weight excluding hydrogens is 280 g/mol. The number of likely N-dealkylation sites (N-methyl/N-ethyl adjacent to an activating group) is 1. The number of nitrogens with one attached hydrogen (secondary N) is 3. The highest BCUT2D eigenvalue weighted by Gasteiger charge is 2.19. The van der Waals surface area contributed by atoms with Crippen LogP contribution in [0.1, 0.15) is 0 Å². The Labute approximate surface area is 120 Å². The second-order valence-electron chi connectivity index (χ2n) is 4.78. The van der Waals surface area contributed by atoms with Crippen LogP contribution >= 0.6 is 24.4 Å². The number of hydrogen-bond donors (Lipinski definition) is 3. The quantitative estimate of drug-likeness (QED) is 0.650. The van der Waals surface area contributed by atoms with Crippen molar-refractivity contribution in [2.75, 3.05) is 38.1 Å². The predicted molar refractivity (Wildman–Crippen MR) is 78.7 cm³/mol. The largest absolute Gasteiger partial charge is 0.334 e. The Bertz CT molecular complexity index is 713. The lowest BCUT2D eigenvalue weighted by atomic mass is 10.3. The van der Waals surface area contributed by atoms with E-state index in [0.29, 0.717) is 15.1 Å². The number of H-pyrrole nitrogens is 2. The SMILES string of the molecule is C[NH+]1CCN(c2ncc3c(=S)[nH]c(=S)[nH]c3n2)CC1. The van der Waals surface area contributed by atoms with Crippen LogP contribution in [0.15, 0.2) is 6.20 Å². The summed E-state index contributed by atoms with van der Waals surface area (Å²) in [4.78, 5) is 18.6. The average molecular weight is 295 g/mol. The zero-order valence-electron chi connectivity index (χ0n) is 10.6. The van der Waals surface area contributed by atoms with Crippen molar-refractivity contribution in [1.29, 1.82) is 0 Å². The lowest BCUT2D eigenvalue weighted by molar-refractivity contribution is -0.880. The van der Waals surface area contributed by atoms with E-state index in [9.17, 15) is 0 Å². The number of nitrogens with zero attached hydrogens (tertiary/aromatic N) is 3. The van der Waals surface area contributed by atoms with Crippen LogP contribution in [0.2, 0.25) is 0 Å². The maximum Gasteiger partial charge on any atom is 0.227 e. The van der Waals surface area contributed by atoms with Gasteiger partial charge in [0.1, 0.15) is 10.3 Å². The van der Waals surface area contributed by atoms with E-state index < -0.39 is 0 Å². The molecule has 1 saturated heterocycles. The number of anilines is 1. The van der Waals surface area contributed by atoms with Gasteiger partial charge in [0.15, 0.2) is 4.77 Å². The number of aromatic nitrogens is 4. The highest BCUT2D eigenvalue weighted by molar-refractivity contribution is 7.72. The van der Waals surface area contributed by atoms with E-state index in [-0.39, 0.29) is 0 Å². The Morgan fingerprint density at radius 1 is 1.26 bits per heavy atom. The third-order valence-corrected chi connectivity index (χ3v) is 3.91. The van der Waals surface area contributed by atoms with Crippen LogP contribution in [0.25, 0.3) is 11.0 Å². The lowest BCUT2D eigenvalue weighted by Crippen LogP contribution is -3.12. The molecule has 3 rings (SSSR count). The highest BCUT2D eigenvalue weighted by atomic mass is 32.1. The van der Waals surface area contributed by atoms with Gasteiger partial charge in [-0.3, -0.25) is 0 Å². The molecule has 0 aliphatic carbocycles. The molecule has 1 aliphatic heterocycles. The Morgan fingerprint density at radius 3 is 2.74 bits per heavy atom. The molecule has 0 spiro atoms. The summed E-state index contributed by atoms with van der Waals surface area (Å²) >= 11 is 10.3. The van der Waals surface area contributed by atoms with Crippen molar-refractivity contribution in [3.05, 3.63) is 15.6 Å². The van der Waals surface area contributed by atoms with Gasteiger partial charge in [0.05, 0.1) is 38.6 Å². The van der Waals surface area contributed by atoms with E-state index in [4.69, 9.17) is 24.4 Å². The molecule has 0 aromatic carbocycles. The molecule has 2 aromatic heterocycles. The van der Waals surface area contributed by atoms with Crippen LogP contribution in [0.3, 0.4) is 0 Å². The molecule has 0 amide bonds. The molecule has 6 nitrogen and oxygen atoms in total. The smallest absolute Gasteiger partial charge is 0.227 e. The van der Waals surface area contributed by atoms with Gasteiger partial charge in [-0.2, -0.15) is 4.98 Å². The molecule has 8 heteroatoms. The van der Waals surface area contributed by atoms with E-state index in [1.54, 1.807) is 11.1 Å². The lowest BCUT2D eigenvalue weighted by Gasteiger charge is -2.29. The molecule has 1 fully saturated rings. The van der Waals surface area contributed by atoms with Gasteiger partial charge in [-0.15, -0.1) is 0 Å². The monoisotopic (exact) mass is 295 g/mol. The van der Waals surface area contributed by atoms with Gasteiger partial charge in [0.2, 0.25) is 5.95 Å². The average Bonchev–Trinajstić information content (AvgIpc) is 2.38. The van der Waals surface area contributed by atoms with Gasteiger partial charge < -0.3 is 19.8 Å². The van der Waals surface area contributed by atoms with Crippen molar-refractivity contribution in [2.24, 2.45) is 0 Å². The normalized spacial score (nSPS) is 17.0.